The second kappa shape index (κ2) is 4.76. The molecule has 1 aromatic rings. The van der Waals surface area contributed by atoms with Gasteiger partial charge in [-0.25, -0.2) is 4.98 Å². The highest BCUT2D eigenvalue weighted by molar-refractivity contribution is 6.51. The van der Waals surface area contributed by atoms with E-state index in [0.717, 1.165) is 19.3 Å². The number of alkyl halides is 3. The number of aliphatic hydroxyl groups is 1. The molecule has 0 saturated heterocycles. The van der Waals surface area contributed by atoms with Gasteiger partial charge in [-0.15, -0.1) is 34.8 Å². The standard InChI is InChI=1S/C12H16Cl3N3O/c13-11(1-2-11)9(10-4-12(10,14)15)3-8(19)5-18-7-16-6-17-18/h6-10,19H,1-5H2/t8?,9?,10-/m1/s1. The fraction of sp³-hybridized carbons (Fsp3) is 0.833. The highest BCUT2D eigenvalue weighted by Crippen LogP contribution is 2.65. The van der Waals surface area contributed by atoms with Crippen molar-refractivity contribution in [1.82, 2.24) is 14.8 Å². The number of halogens is 3. The second-order valence-corrected chi connectivity index (χ2v) is 8.01. The van der Waals surface area contributed by atoms with E-state index in [9.17, 15) is 5.11 Å². The summed E-state index contributed by atoms with van der Waals surface area (Å²) in [5.41, 5.74) is 0. The van der Waals surface area contributed by atoms with Crippen molar-refractivity contribution in [2.45, 2.75) is 47.5 Å². The maximum atomic E-state index is 10.2. The van der Waals surface area contributed by atoms with Crippen molar-refractivity contribution in [2.24, 2.45) is 11.8 Å². The average molecular weight is 325 g/mol. The van der Waals surface area contributed by atoms with E-state index in [4.69, 9.17) is 34.8 Å². The molecule has 2 aliphatic carbocycles. The van der Waals surface area contributed by atoms with Gasteiger partial charge in [0.25, 0.3) is 0 Å². The molecule has 3 atom stereocenters. The topological polar surface area (TPSA) is 50.9 Å². The van der Waals surface area contributed by atoms with Gasteiger partial charge in [-0.3, -0.25) is 4.68 Å². The van der Waals surface area contributed by atoms with Crippen LogP contribution >= 0.6 is 34.8 Å². The van der Waals surface area contributed by atoms with Crippen LogP contribution in [0.4, 0.5) is 0 Å². The first kappa shape index (κ1) is 13.9. The Morgan fingerprint density at radius 1 is 1.37 bits per heavy atom. The van der Waals surface area contributed by atoms with Gasteiger partial charge in [-0.2, -0.15) is 5.10 Å². The molecule has 1 heterocycles. The van der Waals surface area contributed by atoms with Gasteiger partial charge in [0.2, 0.25) is 0 Å². The lowest BCUT2D eigenvalue weighted by Gasteiger charge is -2.25. The van der Waals surface area contributed by atoms with Crippen LogP contribution in [0.5, 0.6) is 0 Å². The highest BCUT2D eigenvalue weighted by atomic mass is 35.5. The van der Waals surface area contributed by atoms with E-state index in [1.54, 1.807) is 11.0 Å². The predicted molar refractivity (Wildman–Crippen MR) is 74.5 cm³/mol. The van der Waals surface area contributed by atoms with Crippen LogP contribution in [0.25, 0.3) is 0 Å². The molecular formula is C12H16Cl3N3O. The van der Waals surface area contributed by atoms with Crippen molar-refractivity contribution >= 4 is 34.8 Å². The van der Waals surface area contributed by atoms with E-state index in [-0.39, 0.29) is 16.7 Å². The van der Waals surface area contributed by atoms with Crippen LogP contribution in [0.3, 0.4) is 0 Å². The normalized spacial score (nSPS) is 29.8. The molecular weight excluding hydrogens is 309 g/mol. The first-order valence-electron chi connectivity index (χ1n) is 6.48. The van der Waals surface area contributed by atoms with Crippen molar-refractivity contribution in [3.05, 3.63) is 12.7 Å². The summed E-state index contributed by atoms with van der Waals surface area (Å²) in [6.45, 7) is 0.424. The lowest BCUT2D eigenvalue weighted by molar-refractivity contribution is 0.111. The van der Waals surface area contributed by atoms with Crippen LogP contribution in [0.2, 0.25) is 0 Å². The fourth-order valence-corrected chi connectivity index (χ4v) is 3.78. The zero-order valence-corrected chi connectivity index (χ0v) is 12.6. The molecule has 1 N–H and O–H groups in total. The summed E-state index contributed by atoms with van der Waals surface area (Å²) in [4.78, 5) is 3.65. The summed E-state index contributed by atoms with van der Waals surface area (Å²) in [5, 5.41) is 14.2. The molecule has 106 valence electrons. The van der Waals surface area contributed by atoms with Gasteiger partial charge < -0.3 is 5.11 Å². The Kier molecular flexibility index (Phi) is 3.49. The Bertz CT molecular complexity index is 447. The minimum atomic E-state index is -0.651. The molecule has 2 unspecified atom stereocenters. The third kappa shape index (κ3) is 3.02. The quantitative estimate of drug-likeness (QED) is 0.818. The first-order chi connectivity index (χ1) is 8.91. The third-order valence-corrected chi connectivity index (χ3v) is 5.67. The van der Waals surface area contributed by atoms with Crippen LogP contribution in [-0.4, -0.2) is 35.2 Å². The maximum Gasteiger partial charge on any atom is 0.137 e. The van der Waals surface area contributed by atoms with Crippen LogP contribution in [0.15, 0.2) is 12.7 Å². The van der Waals surface area contributed by atoms with E-state index in [1.807, 2.05) is 0 Å². The molecule has 0 aromatic carbocycles. The average Bonchev–Trinajstić information content (AvgIpc) is 3.12. The Morgan fingerprint density at radius 2 is 2.05 bits per heavy atom. The first-order valence-corrected chi connectivity index (χ1v) is 7.61. The molecule has 0 aliphatic heterocycles. The zero-order chi connectivity index (χ0) is 13.7. The molecule has 4 nitrogen and oxygen atoms in total. The highest BCUT2D eigenvalue weighted by Gasteiger charge is 2.63. The minimum Gasteiger partial charge on any atom is -0.391 e. The van der Waals surface area contributed by atoms with Gasteiger partial charge in [0.05, 0.1) is 12.6 Å². The summed E-state index contributed by atoms with van der Waals surface area (Å²) < 4.78 is 0.971. The van der Waals surface area contributed by atoms with Gasteiger partial charge in [-0.1, -0.05) is 0 Å². The number of hydrogen-bond donors (Lipinski definition) is 1. The number of nitrogens with zero attached hydrogens (tertiary/aromatic N) is 3. The smallest absolute Gasteiger partial charge is 0.137 e. The van der Waals surface area contributed by atoms with Crippen molar-refractivity contribution < 1.29 is 5.11 Å². The monoisotopic (exact) mass is 323 g/mol. The van der Waals surface area contributed by atoms with Gasteiger partial charge in [0.1, 0.15) is 17.0 Å². The molecule has 7 heteroatoms. The van der Waals surface area contributed by atoms with E-state index >= 15 is 0 Å². The molecule has 0 bridgehead atoms. The second-order valence-electron chi connectivity index (χ2n) is 5.72. The molecule has 19 heavy (non-hydrogen) atoms. The van der Waals surface area contributed by atoms with Gasteiger partial charge in [0, 0.05) is 4.87 Å². The molecule has 0 spiro atoms. The summed E-state index contributed by atoms with van der Waals surface area (Å²) in [5.74, 6) is 0.365. The van der Waals surface area contributed by atoms with Crippen LogP contribution in [-0.2, 0) is 6.54 Å². The van der Waals surface area contributed by atoms with Crippen molar-refractivity contribution in [3.8, 4) is 0 Å². The molecule has 0 radical (unpaired) electrons. The number of aromatic nitrogens is 3. The van der Waals surface area contributed by atoms with Crippen LogP contribution in [0.1, 0.15) is 25.7 Å². The van der Waals surface area contributed by atoms with Crippen molar-refractivity contribution in [3.63, 3.8) is 0 Å². The number of aliphatic hydroxyl groups excluding tert-OH is 1. The van der Waals surface area contributed by atoms with Gasteiger partial charge in [0.15, 0.2) is 0 Å². The van der Waals surface area contributed by atoms with E-state index in [2.05, 4.69) is 10.1 Å². The van der Waals surface area contributed by atoms with Crippen molar-refractivity contribution in [1.29, 1.82) is 0 Å². The van der Waals surface area contributed by atoms with E-state index < -0.39 is 10.4 Å². The number of rotatable bonds is 6. The Hall–Kier alpha value is -0.0300. The van der Waals surface area contributed by atoms with Gasteiger partial charge >= 0.3 is 0 Å². The third-order valence-electron chi connectivity index (χ3n) is 4.14. The molecule has 2 fully saturated rings. The van der Waals surface area contributed by atoms with E-state index in [0.29, 0.717) is 13.0 Å². The zero-order valence-electron chi connectivity index (χ0n) is 10.3. The summed E-state index contributed by atoms with van der Waals surface area (Å²) in [7, 11) is 0. The minimum absolute atomic E-state index is 0.169. The van der Waals surface area contributed by atoms with Gasteiger partial charge in [-0.05, 0) is 37.5 Å². The largest absolute Gasteiger partial charge is 0.391 e. The number of hydrogen-bond acceptors (Lipinski definition) is 3. The maximum absolute atomic E-state index is 10.2. The van der Waals surface area contributed by atoms with E-state index in [1.165, 1.54) is 6.33 Å². The molecule has 2 aliphatic rings. The Balaban J connectivity index is 1.62. The lowest BCUT2D eigenvalue weighted by atomic mass is 9.90. The summed E-state index contributed by atoms with van der Waals surface area (Å²) >= 11 is 18.9. The van der Waals surface area contributed by atoms with Crippen LogP contribution in [0, 0.1) is 11.8 Å². The summed E-state index contributed by atoms with van der Waals surface area (Å²) in [6.07, 6.45) is 5.88. The predicted octanol–water partition coefficient (Wildman–Crippen LogP) is 2.61. The molecule has 1 aromatic heterocycles. The fourth-order valence-electron chi connectivity index (χ4n) is 2.81. The Labute approximate surface area is 127 Å². The lowest BCUT2D eigenvalue weighted by Crippen LogP contribution is -2.28. The van der Waals surface area contributed by atoms with Crippen molar-refractivity contribution in [2.75, 3.05) is 0 Å². The summed E-state index contributed by atoms with van der Waals surface area (Å²) in [6, 6.07) is 0. The molecule has 3 rings (SSSR count). The molecule has 0 amide bonds. The SMILES string of the molecule is OC(CC([C@H]1CC1(Cl)Cl)C1(Cl)CC1)Cn1cncn1. The Morgan fingerprint density at radius 3 is 2.53 bits per heavy atom. The van der Waals surface area contributed by atoms with Crippen LogP contribution < -0.4 is 0 Å². The molecule has 2 saturated carbocycles.